The Bertz CT molecular complexity index is 375. The summed E-state index contributed by atoms with van der Waals surface area (Å²) in [5, 5.41) is 9.22. The van der Waals surface area contributed by atoms with Gasteiger partial charge in [0.1, 0.15) is 6.04 Å². The minimum absolute atomic E-state index is 0.101. The van der Waals surface area contributed by atoms with Gasteiger partial charge in [0.2, 0.25) is 0 Å². The first-order valence-electron chi connectivity index (χ1n) is 5.25. The molecular formula is C13H14N2. The number of hydrogen-bond acceptors (Lipinski definition) is 2. The van der Waals surface area contributed by atoms with Crippen LogP contribution in [0.4, 0.5) is 0 Å². The molecule has 2 rings (SSSR count). The van der Waals surface area contributed by atoms with Crippen LogP contribution in [0.3, 0.4) is 0 Å². The highest BCUT2D eigenvalue weighted by molar-refractivity contribution is 5.24. The van der Waals surface area contributed by atoms with Gasteiger partial charge < -0.3 is 0 Å². The summed E-state index contributed by atoms with van der Waals surface area (Å²) in [4.78, 5) is 2.20. The van der Waals surface area contributed by atoms with E-state index in [1.807, 2.05) is 30.3 Å². The normalized spacial score (nSPS) is 18.3. The zero-order valence-electron chi connectivity index (χ0n) is 8.63. The van der Waals surface area contributed by atoms with Gasteiger partial charge in [-0.3, -0.25) is 4.90 Å². The molecule has 2 nitrogen and oxygen atoms in total. The van der Waals surface area contributed by atoms with Crippen LogP contribution in [-0.4, -0.2) is 18.0 Å². The fourth-order valence-electron chi connectivity index (χ4n) is 1.90. The predicted octanol–water partition coefficient (Wildman–Crippen LogP) is 2.51. The molecule has 0 N–H and O–H groups in total. The Hall–Kier alpha value is -1.59. The largest absolute Gasteiger partial charge is 0.280 e. The molecular weight excluding hydrogens is 184 g/mol. The molecule has 0 radical (unpaired) electrons. The van der Waals surface area contributed by atoms with Gasteiger partial charge in [0.15, 0.2) is 0 Å². The lowest BCUT2D eigenvalue weighted by Gasteiger charge is -2.27. The lowest BCUT2D eigenvalue weighted by molar-refractivity contribution is 0.258. The summed E-state index contributed by atoms with van der Waals surface area (Å²) in [7, 11) is 0. The van der Waals surface area contributed by atoms with Crippen molar-refractivity contribution in [2.24, 2.45) is 0 Å². The van der Waals surface area contributed by atoms with Crippen molar-refractivity contribution < 1.29 is 0 Å². The highest BCUT2D eigenvalue weighted by atomic mass is 15.1. The molecule has 0 aromatic heterocycles. The smallest absolute Gasteiger partial charge is 0.124 e. The van der Waals surface area contributed by atoms with Crippen LogP contribution in [0.5, 0.6) is 0 Å². The van der Waals surface area contributed by atoms with Crippen molar-refractivity contribution in [3.05, 3.63) is 48.0 Å². The topological polar surface area (TPSA) is 27.0 Å². The summed E-state index contributed by atoms with van der Waals surface area (Å²) >= 11 is 0. The van der Waals surface area contributed by atoms with E-state index in [0.717, 1.165) is 25.1 Å². The second kappa shape index (κ2) is 4.77. The summed E-state index contributed by atoms with van der Waals surface area (Å²) in [5.41, 5.74) is 1.09. The third-order valence-corrected chi connectivity index (χ3v) is 2.69. The fourth-order valence-corrected chi connectivity index (χ4v) is 1.90. The van der Waals surface area contributed by atoms with Crippen LogP contribution in [-0.2, 0) is 0 Å². The lowest BCUT2D eigenvalue weighted by Crippen LogP contribution is -2.30. The van der Waals surface area contributed by atoms with E-state index in [1.54, 1.807) is 0 Å². The molecule has 1 heterocycles. The van der Waals surface area contributed by atoms with Crippen molar-refractivity contribution in [2.75, 3.05) is 13.1 Å². The molecule has 0 aliphatic carbocycles. The summed E-state index contributed by atoms with van der Waals surface area (Å²) < 4.78 is 0. The summed E-state index contributed by atoms with van der Waals surface area (Å²) in [6.07, 6.45) is 5.36. The van der Waals surface area contributed by atoms with Gasteiger partial charge in [0.05, 0.1) is 6.07 Å². The highest BCUT2D eigenvalue weighted by Gasteiger charge is 2.19. The Morgan fingerprint density at radius 1 is 1.20 bits per heavy atom. The standard InChI is InChI=1S/C13H14N2/c14-11-13(12-7-3-1-4-8-12)15-9-5-2-6-10-15/h1-5,7-8,13H,6,9-10H2. The molecule has 1 aliphatic heterocycles. The first kappa shape index (κ1) is 9.95. The third kappa shape index (κ3) is 2.26. The van der Waals surface area contributed by atoms with Gasteiger partial charge in [0, 0.05) is 13.1 Å². The highest BCUT2D eigenvalue weighted by Crippen LogP contribution is 2.21. The predicted molar refractivity (Wildman–Crippen MR) is 60.1 cm³/mol. The minimum Gasteiger partial charge on any atom is -0.280 e. The quantitative estimate of drug-likeness (QED) is 0.683. The molecule has 0 amide bonds. The minimum atomic E-state index is -0.101. The molecule has 76 valence electrons. The third-order valence-electron chi connectivity index (χ3n) is 2.69. The van der Waals surface area contributed by atoms with Crippen LogP contribution >= 0.6 is 0 Å². The van der Waals surface area contributed by atoms with Gasteiger partial charge in [-0.1, -0.05) is 42.5 Å². The van der Waals surface area contributed by atoms with Crippen molar-refractivity contribution in [3.8, 4) is 6.07 Å². The first-order valence-corrected chi connectivity index (χ1v) is 5.25. The Labute approximate surface area is 90.4 Å². The van der Waals surface area contributed by atoms with Crippen LogP contribution in [0, 0.1) is 11.3 Å². The molecule has 1 aliphatic rings. The Morgan fingerprint density at radius 3 is 2.60 bits per heavy atom. The molecule has 1 unspecified atom stereocenters. The first-order chi connectivity index (χ1) is 7.42. The van der Waals surface area contributed by atoms with Crippen LogP contribution in [0.25, 0.3) is 0 Å². The van der Waals surface area contributed by atoms with Gasteiger partial charge in [-0.05, 0) is 12.0 Å². The van der Waals surface area contributed by atoms with Crippen LogP contribution in [0.15, 0.2) is 42.5 Å². The molecule has 0 spiro atoms. The molecule has 1 aromatic carbocycles. The van der Waals surface area contributed by atoms with Gasteiger partial charge in [-0.2, -0.15) is 5.26 Å². The zero-order chi connectivity index (χ0) is 10.5. The Balaban J connectivity index is 2.18. The van der Waals surface area contributed by atoms with E-state index in [2.05, 4.69) is 23.1 Å². The number of nitriles is 1. The number of benzene rings is 1. The van der Waals surface area contributed by atoms with Crippen molar-refractivity contribution in [3.63, 3.8) is 0 Å². The van der Waals surface area contributed by atoms with Crippen LogP contribution in [0.1, 0.15) is 18.0 Å². The number of nitrogens with zero attached hydrogens (tertiary/aromatic N) is 2. The van der Waals surface area contributed by atoms with E-state index in [0.29, 0.717) is 0 Å². The van der Waals surface area contributed by atoms with Crippen molar-refractivity contribution in [1.29, 1.82) is 5.26 Å². The maximum absolute atomic E-state index is 9.22. The average Bonchev–Trinajstić information content (AvgIpc) is 2.33. The second-order valence-electron chi connectivity index (χ2n) is 3.70. The SMILES string of the molecule is N#CC(c1ccccc1)N1CC=CCC1. The van der Waals surface area contributed by atoms with Crippen molar-refractivity contribution in [1.82, 2.24) is 4.90 Å². The zero-order valence-corrected chi connectivity index (χ0v) is 8.63. The fraction of sp³-hybridized carbons (Fsp3) is 0.308. The molecule has 2 heteroatoms. The molecule has 0 bridgehead atoms. The Kier molecular flexibility index (Phi) is 3.16. The van der Waals surface area contributed by atoms with E-state index >= 15 is 0 Å². The number of rotatable bonds is 2. The maximum atomic E-state index is 9.22. The maximum Gasteiger partial charge on any atom is 0.124 e. The van der Waals surface area contributed by atoms with Crippen LogP contribution < -0.4 is 0 Å². The molecule has 0 saturated carbocycles. The van der Waals surface area contributed by atoms with Gasteiger partial charge in [0.25, 0.3) is 0 Å². The van der Waals surface area contributed by atoms with Crippen molar-refractivity contribution >= 4 is 0 Å². The summed E-state index contributed by atoms with van der Waals surface area (Å²) in [6.45, 7) is 1.86. The monoisotopic (exact) mass is 198 g/mol. The molecule has 1 atom stereocenters. The van der Waals surface area contributed by atoms with E-state index in [1.165, 1.54) is 0 Å². The summed E-state index contributed by atoms with van der Waals surface area (Å²) in [5.74, 6) is 0. The summed E-state index contributed by atoms with van der Waals surface area (Å²) in [6, 6.07) is 12.3. The van der Waals surface area contributed by atoms with E-state index in [-0.39, 0.29) is 6.04 Å². The van der Waals surface area contributed by atoms with E-state index in [4.69, 9.17) is 0 Å². The average molecular weight is 198 g/mol. The van der Waals surface area contributed by atoms with Gasteiger partial charge in [-0.25, -0.2) is 0 Å². The molecule has 15 heavy (non-hydrogen) atoms. The lowest BCUT2D eigenvalue weighted by atomic mass is 10.1. The van der Waals surface area contributed by atoms with Crippen molar-refractivity contribution in [2.45, 2.75) is 12.5 Å². The van der Waals surface area contributed by atoms with Gasteiger partial charge >= 0.3 is 0 Å². The number of hydrogen-bond donors (Lipinski definition) is 0. The van der Waals surface area contributed by atoms with Crippen LogP contribution in [0.2, 0.25) is 0 Å². The van der Waals surface area contributed by atoms with E-state index in [9.17, 15) is 5.26 Å². The second-order valence-corrected chi connectivity index (χ2v) is 3.70. The molecule has 0 saturated heterocycles. The molecule has 1 aromatic rings. The Morgan fingerprint density at radius 2 is 2.00 bits per heavy atom. The van der Waals surface area contributed by atoms with Gasteiger partial charge in [-0.15, -0.1) is 0 Å². The van der Waals surface area contributed by atoms with E-state index < -0.39 is 0 Å². The molecule has 0 fully saturated rings.